The highest BCUT2D eigenvalue weighted by Crippen LogP contribution is 1.91. The number of nitrogens with one attached hydrogen (secondary N) is 2. The Hall–Kier alpha value is -0.860. The SMILES string of the molecule is CC[C@@H](CO)NS(=O)(=O)NC(=O)OC. The molecule has 84 valence electrons. The third-order valence-electron chi connectivity index (χ3n) is 1.44. The lowest BCUT2D eigenvalue weighted by atomic mass is 10.3. The average Bonchev–Trinajstić information content (AvgIpc) is 2.13. The molecule has 3 N–H and O–H groups in total. The van der Waals surface area contributed by atoms with E-state index in [2.05, 4.69) is 9.46 Å². The summed E-state index contributed by atoms with van der Waals surface area (Å²) in [5.41, 5.74) is 0. The van der Waals surface area contributed by atoms with E-state index < -0.39 is 22.3 Å². The Labute approximate surface area is 82.6 Å². The van der Waals surface area contributed by atoms with Gasteiger partial charge in [0, 0.05) is 6.04 Å². The van der Waals surface area contributed by atoms with Crippen LogP contribution in [0.4, 0.5) is 4.79 Å². The topological polar surface area (TPSA) is 105 Å². The van der Waals surface area contributed by atoms with Gasteiger partial charge in [-0.05, 0) is 6.42 Å². The van der Waals surface area contributed by atoms with Crippen LogP contribution in [0.5, 0.6) is 0 Å². The van der Waals surface area contributed by atoms with Crippen LogP contribution in [0.1, 0.15) is 13.3 Å². The first kappa shape index (κ1) is 13.1. The molecule has 1 atom stereocenters. The fourth-order valence-corrected chi connectivity index (χ4v) is 1.69. The zero-order valence-corrected chi connectivity index (χ0v) is 8.80. The molecule has 7 nitrogen and oxygen atoms in total. The van der Waals surface area contributed by atoms with E-state index in [1.54, 1.807) is 11.6 Å². The van der Waals surface area contributed by atoms with Gasteiger partial charge in [-0.25, -0.2) is 9.52 Å². The molecule has 0 radical (unpaired) electrons. The first-order valence-corrected chi connectivity index (χ1v) is 5.42. The molecule has 0 heterocycles. The third-order valence-corrected chi connectivity index (χ3v) is 2.52. The Morgan fingerprint density at radius 2 is 2.14 bits per heavy atom. The lowest BCUT2D eigenvalue weighted by Gasteiger charge is -2.13. The van der Waals surface area contributed by atoms with Crippen molar-refractivity contribution in [3.63, 3.8) is 0 Å². The molecule has 0 bridgehead atoms. The van der Waals surface area contributed by atoms with Gasteiger partial charge in [0.1, 0.15) is 0 Å². The van der Waals surface area contributed by atoms with E-state index in [0.717, 1.165) is 7.11 Å². The monoisotopic (exact) mass is 226 g/mol. The number of amides is 1. The minimum absolute atomic E-state index is 0.335. The number of carbonyl (C=O) groups is 1. The predicted octanol–water partition coefficient (Wildman–Crippen LogP) is -1.05. The van der Waals surface area contributed by atoms with Gasteiger partial charge in [0.15, 0.2) is 0 Å². The normalized spacial score (nSPS) is 13.4. The maximum atomic E-state index is 11.1. The van der Waals surface area contributed by atoms with Gasteiger partial charge in [-0.15, -0.1) is 0 Å². The molecule has 0 fully saturated rings. The van der Waals surface area contributed by atoms with Crippen LogP contribution in [0.3, 0.4) is 0 Å². The van der Waals surface area contributed by atoms with Crippen molar-refractivity contribution < 1.29 is 23.1 Å². The summed E-state index contributed by atoms with van der Waals surface area (Å²) in [4.78, 5) is 10.6. The van der Waals surface area contributed by atoms with Crippen LogP contribution in [0.25, 0.3) is 0 Å². The molecule has 0 aliphatic carbocycles. The number of aliphatic hydroxyl groups is 1. The lowest BCUT2D eigenvalue weighted by Crippen LogP contribution is -2.46. The molecule has 0 aliphatic heterocycles. The number of carbonyl (C=O) groups excluding carboxylic acids is 1. The quantitative estimate of drug-likeness (QED) is 0.554. The molecule has 1 amide bonds. The molecule has 0 aromatic heterocycles. The summed E-state index contributed by atoms with van der Waals surface area (Å²) in [5, 5.41) is 8.71. The maximum Gasteiger partial charge on any atom is 0.421 e. The number of methoxy groups -OCH3 is 1. The van der Waals surface area contributed by atoms with Crippen molar-refractivity contribution in [2.24, 2.45) is 0 Å². The summed E-state index contributed by atoms with van der Waals surface area (Å²) in [7, 11) is -2.90. The Morgan fingerprint density at radius 3 is 2.50 bits per heavy atom. The molecule has 0 saturated carbocycles. The maximum absolute atomic E-state index is 11.1. The highest BCUT2D eigenvalue weighted by Gasteiger charge is 2.18. The van der Waals surface area contributed by atoms with Crippen molar-refractivity contribution in [2.45, 2.75) is 19.4 Å². The Morgan fingerprint density at radius 1 is 1.57 bits per heavy atom. The third kappa shape index (κ3) is 5.00. The largest absolute Gasteiger partial charge is 0.452 e. The van der Waals surface area contributed by atoms with Gasteiger partial charge < -0.3 is 9.84 Å². The summed E-state index contributed by atoms with van der Waals surface area (Å²) >= 11 is 0. The Balaban J connectivity index is 4.27. The molecule has 0 aromatic carbocycles. The molecule has 8 heteroatoms. The van der Waals surface area contributed by atoms with Crippen LogP contribution in [0, 0.1) is 0 Å². The summed E-state index contributed by atoms with van der Waals surface area (Å²) in [5.74, 6) is 0. The molecule has 0 spiro atoms. The van der Waals surface area contributed by atoms with Gasteiger partial charge >= 0.3 is 16.3 Å². The Kier molecular flexibility index (Phi) is 5.43. The van der Waals surface area contributed by atoms with Crippen LogP contribution in [-0.2, 0) is 14.9 Å². The molecule has 0 rings (SSSR count). The minimum Gasteiger partial charge on any atom is -0.452 e. The molecule has 0 aliphatic rings. The van der Waals surface area contributed by atoms with Crippen LogP contribution < -0.4 is 9.44 Å². The van der Waals surface area contributed by atoms with Crippen molar-refractivity contribution in [1.29, 1.82) is 0 Å². The Bertz CT molecular complexity index is 272. The number of rotatable bonds is 5. The van der Waals surface area contributed by atoms with E-state index >= 15 is 0 Å². The zero-order chi connectivity index (χ0) is 11.2. The number of hydrogen-bond donors (Lipinski definition) is 3. The van der Waals surface area contributed by atoms with Crippen molar-refractivity contribution in [3.8, 4) is 0 Å². The van der Waals surface area contributed by atoms with Crippen LogP contribution >= 0.6 is 0 Å². The second-order valence-corrected chi connectivity index (χ2v) is 3.95. The highest BCUT2D eigenvalue weighted by atomic mass is 32.2. The van der Waals surface area contributed by atoms with E-state index in [-0.39, 0.29) is 6.61 Å². The first-order chi connectivity index (χ1) is 6.45. The first-order valence-electron chi connectivity index (χ1n) is 3.94. The van der Waals surface area contributed by atoms with E-state index in [9.17, 15) is 13.2 Å². The van der Waals surface area contributed by atoms with Crippen LogP contribution in [0.2, 0.25) is 0 Å². The fourth-order valence-electron chi connectivity index (χ4n) is 0.650. The van der Waals surface area contributed by atoms with Crippen molar-refractivity contribution in [3.05, 3.63) is 0 Å². The van der Waals surface area contributed by atoms with Crippen LogP contribution in [-0.4, -0.2) is 39.4 Å². The summed E-state index contributed by atoms with van der Waals surface area (Å²) in [6.45, 7) is 1.36. The lowest BCUT2D eigenvalue weighted by molar-refractivity contribution is 0.177. The van der Waals surface area contributed by atoms with E-state index in [1.807, 2.05) is 0 Å². The highest BCUT2D eigenvalue weighted by molar-refractivity contribution is 7.88. The van der Waals surface area contributed by atoms with Gasteiger partial charge in [0.05, 0.1) is 13.7 Å². The standard InChI is InChI=1S/C6H14N2O5S/c1-3-5(4-9)7-14(11,12)8-6(10)13-2/h5,7,9H,3-4H2,1-2H3,(H,8,10)/t5-/m0/s1. The zero-order valence-electron chi connectivity index (χ0n) is 7.98. The fraction of sp³-hybridized carbons (Fsp3) is 0.833. The summed E-state index contributed by atoms with van der Waals surface area (Å²) in [6, 6.07) is -0.614. The van der Waals surface area contributed by atoms with Gasteiger partial charge in [-0.3, -0.25) is 0 Å². The second kappa shape index (κ2) is 5.78. The number of hydrogen-bond acceptors (Lipinski definition) is 5. The number of ether oxygens (including phenoxy) is 1. The van der Waals surface area contributed by atoms with Crippen molar-refractivity contribution >= 4 is 16.3 Å². The van der Waals surface area contributed by atoms with Gasteiger partial charge in [-0.2, -0.15) is 13.1 Å². The smallest absolute Gasteiger partial charge is 0.421 e. The summed E-state index contributed by atoms with van der Waals surface area (Å²) in [6.07, 6.45) is -0.663. The van der Waals surface area contributed by atoms with Gasteiger partial charge in [0.2, 0.25) is 0 Å². The predicted molar refractivity (Wildman–Crippen MR) is 48.8 cm³/mol. The van der Waals surface area contributed by atoms with Gasteiger partial charge in [-0.1, -0.05) is 6.92 Å². The van der Waals surface area contributed by atoms with Gasteiger partial charge in [0.25, 0.3) is 0 Å². The second-order valence-electron chi connectivity index (χ2n) is 2.50. The molecule has 0 saturated heterocycles. The van der Waals surface area contributed by atoms with E-state index in [0.29, 0.717) is 6.42 Å². The molecule has 0 unspecified atom stereocenters. The van der Waals surface area contributed by atoms with Crippen molar-refractivity contribution in [2.75, 3.05) is 13.7 Å². The molecular weight excluding hydrogens is 212 g/mol. The van der Waals surface area contributed by atoms with E-state index in [1.165, 1.54) is 0 Å². The van der Waals surface area contributed by atoms with E-state index in [4.69, 9.17) is 5.11 Å². The minimum atomic E-state index is -3.95. The molecule has 14 heavy (non-hydrogen) atoms. The van der Waals surface area contributed by atoms with Crippen molar-refractivity contribution in [1.82, 2.24) is 9.44 Å². The summed E-state index contributed by atoms with van der Waals surface area (Å²) < 4.78 is 30.0. The molecular formula is C6H14N2O5S. The molecule has 0 aromatic rings. The number of aliphatic hydroxyl groups excluding tert-OH is 1. The van der Waals surface area contributed by atoms with Crippen LogP contribution in [0.15, 0.2) is 0 Å². The average molecular weight is 226 g/mol.